The van der Waals surface area contributed by atoms with Crippen molar-refractivity contribution in [1.82, 2.24) is 5.32 Å². The van der Waals surface area contributed by atoms with Gasteiger partial charge < -0.3 is 19.5 Å². The van der Waals surface area contributed by atoms with Gasteiger partial charge in [0.2, 0.25) is 10.0 Å². The number of carbonyl (C=O) groups is 1. The first kappa shape index (κ1) is 22.4. The van der Waals surface area contributed by atoms with E-state index in [0.29, 0.717) is 36.1 Å². The number of hydrogen-bond donors (Lipinski definition) is 1. The second-order valence-corrected chi connectivity index (χ2v) is 8.22. The van der Waals surface area contributed by atoms with Crippen molar-refractivity contribution in [2.75, 3.05) is 37.9 Å². The highest BCUT2D eigenvalue weighted by Crippen LogP contribution is 2.28. The average molecular weight is 423 g/mol. The van der Waals surface area contributed by atoms with E-state index in [9.17, 15) is 13.2 Å². The van der Waals surface area contributed by atoms with Crippen molar-refractivity contribution in [3.05, 3.63) is 48.0 Å². The van der Waals surface area contributed by atoms with Gasteiger partial charge in [-0.25, -0.2) is 8.42 Å². The van der Waals surface area contributed by atoms with Gasteiger partial charge in [-0.15, -0.1) is 0 Å². The van der Waals surface area contributed by atoms with E-state index < -0.39 is 10.0 Å². The molecule has 0 aliphatic rings. The third kappa shape index (κ3) is 6.56. The summed E-state index contributed by atoms with van der Waals surface area (Å²) in [5, 5.41) is 2.78. The zero-order valence-corrected chi connectivity index (χ0v) is 17.8. The Morgan fingerprint density at radius 1 is 1.07 bits per heavy atom. The molecule has 2 aromatic carbocycles. The Bertz CT molecular complexity index is 928. The lowest BCUT2D eigenvalue weighted by atomic mass is 10.2. The Morgan fingerprint density at radius 2 is 1.76 bits per heavy atom. The highest BCUT2D eigenvalue weighted by molar-refractivity contribution is 7.92. The van der Waals surface area contributed by atoms with Gasteiger partial charge in [0.1, 0.15) is 5.75 Å². The van der Waals surface area contributed by atoms with Crippen molar-refractivity contribution in [2.45, 2.75) is 13.5 Å². The number of nitrogens with zero attached hydrogens (tertiary/aromatic N) is 1. The molecule has 0 bridgehead atoms. The number of hydrogen-bond acceptors (Lipinski definition) is 6. The van der Waals surface area contributed by atoms with Gasteiger partial charge in [0, 0.05) is 13.6 Å². The molecule has 0 radical (unpaired) electrons. The van der Waals surface area contributed by atoms with Crippen LogP contribution in [0.2, 0.25) is 0 Å². The number of methoxy groups -OCH3 is 1. The van der Waals surface area contributed by atoms with Gasteiger partial charge in [-0.05, 0) is 48.9 Å². The van der Waals surface area contributed by atoms with Crippen LogP contribution in [0.15, 0.2) is 42.5 Å². The minimum atomic E-state index is -3.33. The van der Waals surface area contributed by atoms with Crippen LogP contribution in [0, 0.1) is 0 Å². The predicted molar refractivity (Wildman–Crippen MR) is 111 cm³/mol. The maximum absolute atomic E-state index is 12.1. The third-order valence-corrected chi connectivity index (χ3v) is 5.29. The van der Waals surface area contributed by atoms with Gasteiger partial charge in [0.05, 0.1) is 25.7 Å². The Hall–Kier alpha value is -2.94. The molecule has 0 heterocycles. The molecule has 0 aliphatic carbocycles. The smallest absolute Gasteiger partial charge is 0.258 e. The molecule has 0 saturated heterocycles. The molecule has 2 rings (SSSR count). The van der Waals surface area contributed by atoms with Crippen LogP contribution in [0.5, 0.6) is 17.2 Å². The molecule has 158 valence electrons. The van der Waals surface area contributed by atoms with E-state index in [1.165, 1.54) is 7.05 Å². The van der Waals surface area contributed by atoms with Gasteiger partial charge in [0.25, 0.3) is 5.91 Å². The van der Waals surface area contributed by atoms with E-state index in [-0.39, 0.29) is 12.5 Å². The average Bonchev–Trinajstić information content (AvgIpc) is 2.70. The quantitative estimate of drug-likeness (QED) is 0.631. The van der Waals surface area contributed by atoms with Crippen LogP contribution in [0.4, 0.5) is 5.69 Å². The molecule has 9 heteroatoms. The Kier molecular flexibility index (Phi) is 7.72. The number of sulfonamides is 1. The number of amides is 1. The topological polar surface area (TPSA) is 94.2 Å². The molecule has 29 heavy (non-hydrogen) atoms. The van der Waals surface area contributed by atoms with E-state index in [0.717, 1.165) is 16.1 Å². The summed E-state index contributed by atoms with van der Waals surface area (Å²) < 4.78 is 40.5. The Balaban J connectivity index is 1.86. The maximum Gasteiger partial charge on any atom is 0.258 e. The summed E-state index contributed by atoms with van der Waals surface area (Å²) in [5.41, 5.74) is 1.38. The molecule has 0 aliphatic heterocycles. The lowest BCUT2D eigenvalue weighted by molar-refractivity contribution is -0.123. The van der Waals surface area contributed by atoms with Gasteiger partial charge in [-0.3, -0.25) is 9.10 Å². The van der Waals surface area contributed by atoms with E-state index in [1.54, 1.807) is 37.4 Å². The fourth-order valence-electron chi connectivity index (χ4n) is 2.44. The van der Waals surface area contributed by atoms with Crippen LogP contribution in [0.1, 0.15) is 12.5 Å². The minimum absolute atomic E-state index is 0.157. The third-order valence-electron chi connectivity index (χ3n) is 4.09. The molecule has 0 atom stereocenters. The van der Waals surface area contributed by atoms with Crippen LogP contribution in [0.25, 0.3) is 0 Å². The standard InChI is InChI=1S/C20H26N2O6S/c1-5-27-19-12-15(6-11-18(19)26-3)13-21-20(23)14-28-17-9-7-16(8-10-17)22(2)29(4,24)25/h6-12H,5,13-14H2,1-4H3,(H,21,23). The number of anilines is 1. The largest absolute Gasteiger partial charge is 0.493 e. The number of benzene rings is 2. The SMILES string of the molecule is CCOc1cc(CNC(=O)COc2ccc(N(C)S(C)(=O)=O)cc2)ccc1OC. The fraction of sp³-hybridized carbons (Fsp3) is 0.350. The Morgan fingerprint density at radius 3 is 2.34 bits per heavy atom. The predicted octanol–water partition coefficient (Wildman–Crippen LogP) is 2.18. The summed E-state index contributed by atoms with van der Waals surface area (Å²) >= 11 is 0. The summed E-state index contributed by atoms with van der Waals surface area (Å²) in [4.78, 5) is 12.1. The van der Waals surface area contributed by atoms with Crippen LogP contribution in [0.3, 0.4) is 0 Å². The second kappa shape index (κ2) is 10.0. The fourth-order valence-corrected chi connectivity index (χ4v) is 2.95. The van der Waals surface area contributed by atoms with Crippen LogP contribution >= 0.6 is 0 Å². The van der Waals surface area contributed by atoms with Crippen molar-refractivity contribution in [1.29, 1.82) is 0 Å². The lowest BCUT2D eigenvalue weighted by Crippen LogP contribution is -2.28. The molecular formula is C20H26N2O6S. The lowest BCUT2D eigenvalue weighted by Gasteiger charge is -2.16. The molecule has 0 unspecified atom stereocenters. The van der Waals surface area contributed by atoms with Crippen molar-refractivity contribution < 1.29 is 27.4 Å². The first-order valence-electron chi connectivity index (χ1n) is 8.97. The van der Waals surface area contributed by atoms with Gasteiger partial charge in [0.15, 0.2) is 18.1 Å². The van der Waals surface area contributed by atoms with Crippen LogP contribution in [-0.4, -0.2) is 48.0 Å². The molecule has 0 fully saturated rings. The van der Waals surface area contributed by atoms with Crippen LogP contribution in [-0.2, 0) is 21.4 Å². The van der Waals surface area contributed by atoms with E-state index in [4.69, 9.17) is 14.2 Å². The summed E-state index contributed by atoms with van der Waals surface area (Å²) in [6, 6.07) is 11.9. The zero-order valence-electron chi connectivity index (χ0n) is 17.0. The van der Waals surface area contributed by atoms with E-state index >= 15 is 0 Å². The number of rotatable bonds is 10. The minimum Gasteiger partial charge on any atom is -0.493 e. The molecule has 0 saturated carbocycles. The van der Waals surface area contributed by atoms with Gasteiger partial charge in [-0.2, -0.15) is 0 Å². The van der Waals surface area contributed by atoms with Crippen molar-refractivity contribution in [3.8, 4) is 17.2 Å². The summed E-state index contributed by atoms with van der Waals surface area (Å²) in [5.74, 6) is 1.44. The molecular weight excluding hydrogens is 396 g/mol. The summed E-state index contributed by atoms with van der Waals surface area (Å²) in [6.07, 6.45) is 1.13. The normalized spacial score (nSPS) is 10.9. The van der Waals surface area contributed by atoms with E-state index in [1.807, 2.05) is 19.1 Å². The number of carbonyl (C=O) groups excluding carboxylic acids is 1. The van der Waals surface area contributed by atoms with Crippen molar-refractivity contribution >= 4 is 21.6 Å². The molecule has 2 aromatic rings. The second-order valence-electron chi connectivity index (χ2n) is 6.21. The number of ether oxygens (including phenoxy) is 3. The highest BCUT2D eigenvalue weighted by Gasteiger charge is 2.12. The molecule has 1 N–H and O–H groups in total. The molecule has 0 spiro atoms. The highest BCUT2D eigenvalue weighted by atomic mass is 32.2. The summed E-state index contributed by atoms with van der Waals surface area (Å²) in [7, 11) is -0.289. The monoisotopic (exact) mass is 422 g/mol. The zero-order chi connectivity index (χ0) is 21.4. The molecule has 0 aromatic heterocycles. The van der Waals surface area contributed by atoms with Crippen LogP contribution < -0.4 is 23.8 Å². The van der Waals surface area contributed by atoms with Crippen molar-refractivity contribution in [3.63, 3.8) is 0 Å². The van der Waals surface area contributed by atoms with Gasteiger partial charge >= 0.3 is 0 Å². The molecule has 8 nitrogen and oxygen atoms in total. The Labute approximate surface area is 171 Å². The number of nitrogens with one attached hydrogen (secondary N) is 1. The van der Waals surface area contributed by atoms with Gasteiger partial charge in [-0.1, -0.05) is 6.07 Å². The maximum atomic E-state index is 12.1. The molecule has 1 amide bonds. The first-order valence-corrected chi connectivity index (χ1v) is 10.8. The first-order chi connectivity index (χ1) is 13.7. The summed E-state index contributed by atoms with van der Waals surface area (Å²) in [6.45, 7) is 2.57. The van der Waals surface area contributed by atoms with Crippen molar-refractivity contribution in [2.24, 2.45) is 0 Å². The van der Waals surface area contributed by atoms with E-state index in [2.05, 4.69) is 5.32 Å².